The Kier molecular flexibility index (Phi) is 2.97. The van der Waals surface area contributed by atoms with Crippen LogP contribution in [0.4, 0.5) is 18.9 Å². The molecular formula is C9H6F3NO3. The molecule has 0 radical (unpaired) electrons. The molecule has 0 heterocycles. The van der Waals surface area contributed by atoms with Crippen molar-refractivity contribution < 1.29 is 23.1 Å². The normalized spacial score (nSPS) is 11.2. The first-order valence-electron chi connectivity index (χ1n) is 4.06. The number of alkyl halides is 3. The van der Waals surface area contributed by atoms with E-state index >= 15 is 0 Å². The fraction of sp³-hybridized carbons (Fsp3) is 0.222. The monoisotopic (exact) mass is 233 g/mol. The number of carboxylic acid groups (broad SMARTS) is 1. The summed E-state index contributed by atoms with van der Waals surface area (Å²) in [5.41, 5.74) is -2.39. The van der Waals surface area contributed by atoms with Crippen LogP contribution in [0.5, 0.6) is 0 Å². The Bertz CT molecular complexity index is 454. The van der Waals surface area contributed by atoms with Gasteiger partial charge in [-0.15, -0.1) is 4.91 Å². The molecule has 4 nitrogen and oxygen atoms in total. The number of carbonyl (C=O) groups is 1. The van der Waals surface area contributed by atoms with Crippen LogP contribution in [0.1, 0.15) is 21.5 Å². The number of halogens is 3. The van der Waals surface area contributed by atoms with Gasteiger partial charge in [-0.05, 0) is 29.8 Å². The van der Waals surface area contributed by atoms with Crippen molar-refractivity contribution in [3.63, 3.8) is 0 Å². The van der Waals surface area contributed by atoms with Crippen molar-refractivity contribution in [1.29, 1.82) is 0 Å². The number of nitrogens with zero attached hydrogens (tertiary/aromatic N) is 1. The Hall–Kier alpha value is -1.92. The zero-order valence-electron chi connectivity index (χ0n) is 8.00. The Morgan fingerprint density at radius 2 is 1.94 bits per heavy atom. The van der Waals surface area contributed by atoms with Crippen molar-refractivity contribution in [3.05, 3.63) is 33.7 Å². The lowest BCUT2D eigenvalue weighted by molar-refractivity contribution is -0.137. The van der Waals surface area contributed by atoms with E-state index in [0.29, 0.717) is 12.1 Å². The fourth-order valence-corrected chi connectivity index (χ4v) is 1.18. The van der Waals surface area contributed by atoms with Crippen molar-refractivity contribution >= 4 is 11.7 Å². The minimum absolute atomic E-state index is 0.0875. The zero-order chi connectivity index (χ0) is 12.5. The van der Waals surface area contributed by atoms with Gasteiger partial charge in [-0.25, -0.2) is 4.79 Å². The van der Waals surface area contributed by atoms with Crippen molar-refractivity contribution in [1.82, 2.24) is 0 Å². The first-order chi connectivity index (χ1) is 7.27. The first-order valence-corrected chi connectivity index (χ1v) is 4.06. The molecule has 0 saturated carbocycles. The van der Waals surface area contributed by atoms with Gasteiger partial charge < -0.3 is 5.11 Å². The quantitative estimate of drug-likeness (QED) is 0.798. The first kappa shape index (κ1) is 12.2. The highest BCUT2D eigenvalue weighted by atomic mass is 19.4. The molecule has 86 valence electrons. The van der Waals surface area contributed by atoms with Gasteiger partial charge in [-0.2, -0.15) is 13.2 Å². The van der Waals surface area contributed by atoms with Crippen molar-refractivity contribution in [2.75, 3.05) is 0 Å². The molecule has 0 aromatic heterocycles. The standard InChI is InChI=1S/C9H6F3NO3/c1-4-6(8(14)15)2-5(9(10,11)12)3-7(4)13-16/h2-3H,1H3,(H,14,15). The summed E-state index contributed by atoms with van der Waals surface area (Å²) < 4.78 is 37.0. The largest absolute Gasteiger partial charge is 0.478 e. The number of nitroso groups, excluding NO2 is 1. The molecule has 0 spiro atoms. The SMILES string of the molecule is Cc1c(N=O)cc(C(F)(F)F)cc1C(=O)O. The van der Waals surface area contributed by atoms with Gasteiger partial charge in [0.2, 0.25) is 0 Å². The Labute approximate surface area is 87.7 Å². The maximum atomic E-state index is 12.3. The smallest absolute Gasteiger partial charge is 0.416 e. The number of hydrogen-bond acceptors (Lipinski definition) is 3. The molecule has 1 rings (SSSR count). The fourth-order valence-electron chi connectivity index (χ4n) is 1.18. The zero-order valence-corrected chi connectivity index (χ0v) is 8.00. The van der Waals surface area contributed by atoms with E-state index in [1.54, 1.807) is 0 Å². The van der Waals surface area contributed by atoms with Crippen LogP contribution < -0.4 is 0 Å². The van der Waals surface area contributed by atoms with E-state index in [2.05, 4.69) is 5.18 Å². The third kappa shape index (κ3) is 2.18. The topological polar surface area (TPSA) is 66.7 Å². The Morgan fingerprint density at radius 3 is 2.31 bits per heavy atom. The van der Waals surface area contributed by atoms with E-state index in [0.717, 1.165) is 0 Å². The maximum Gasteiger partial charge on any atom is 0.416 e. The average Bonchev–Trinajstić information content (AvgIpc) is 2.15. The van der Waals surface area contributed by atoms with Crippen molar-refractivity contribution in [3.8, 4) is 0 Å². The van der Waals surface area contributed by atoms with Crippen LogP contribution in [0.15, 0.2) is 17.3 Å². The molecule has 0 unspecified atom stereocenters. The molecule has 1 aromatic rings. The van der Waals surface area contributed by atoms with Gasteiger partial charge in [0.05, 0.1) is 11.1 Å². The maximum absolute atomic E-state index is 12.3. The minimum atomic E-state index is -4.71. The van der Waals surface area contributed by atoms with Crippen molar-refractivity contribution in [2.24, 2.45) is 5.18 Å². The van der Waals surface area contributed by atoms with Gasteiger partial charge in [0.15, 0.2) is 0 Å². The summed E-state index contributed by atoms with van der Waals surface area (Å²) in [6, 6.07) is 1.00. The second-order valence-corrected chi connectivity index (χ2v) is 3.06. The second-order valence-electron chi connectivity index (χ2n) is 3.06. The molecule has 16 heavy (non-hydrogen) atoms. The number of benzene rings is 1. The summed E-state index contributed by atoms with van der Waals surface area (Å²) in [7, 11) is 0. The molecule has 0 aliphatic carbocycles. The van der Waals surface area contributed by atoms with E-state index in [-0.39, 0.29) is 5.56 Å². The average molecular weight is 233 g/mol. The van der Waals surface area contributed by atoms with Crippen LogP contribution in [-0.4, -0.2) is 11.1 Å². The molecule has 7 heteroatoms. The van der Waals surface area contributed by atoms with Crippen LogP contribution in [0.25, 0.3) is 0 Å². The van der Waals surface area contributed by atoms with Crippen LogP contribution >= 0.6 is 0 Å². The molecule has 0 bridgehead atoms. The third-order valence-electron chi connectivity index (χ3n) is 2.04. The van der Waals surface area contributed by atoms with Crippen LogP contribution in [0.3, 0.4) is 0 Å². The molecule has 0 atom stereocenters. The lowest BCUT2D eigenvalue weighted by atomic mass is 10.0. The molecule has 0 aliphatic rings. The number of aromatic carboxylic acids is 1. The van der Waals surface area contributed by atoms with Crippen LogP contribution in [0.2, 0.25) is 0 Å². The summed E-state index contributed by atoms with van der Waals surface area (Å²) in [6.45, 7) is 1.22. The van der Waals surface area contributed by atoms with Crippen LogP contribution in [0, 0.1) is 11.8 Å². The summed E-state index contributed by atoms with van der Waals surface area (Å²) in [5.74, 6) is -1.53. The van der Waals surface area contributed by atoms with E-state index < -0.39 is 29.0 Å². The molecule has 0 amide bonds. The Balaban J connectivity index is 3.52. The molecule has 0 fully saturated rings. The second kappa shape index (κ2) is 3.92. The number of rotatable bonds is 2. The summed E-state index contributed by atoms with van der Waals surface area (Å²) in [6.07, 6.45) is -4.71. The van der Waals surface area contributed by atoms with Crippen molar-refractivity contribution in [2.45, 2.75) is 13.1 Å². The molecule has 0 aliphatic heterocycles. The molecular weight excluding hydrogens is 227 g/mol. The van der Waals surface area contributed by atoms with Gasteiger partial charge in [0, 0.05) is 0 Å². The van der Waals surface area contributed by atoms with E-state index in [1.807, 2.05) is 0 Å². The third-order valence-corrected chi connectivity index (χ3v) is 2.04. The predicted octanol–water partition coefficient (Wildman–Crippen LogP) is 3.11. The summed E-state index contributed by atoms with van der Waals surface area (Å²) in [4.78, 5) is 20.9. The summed E-state index contributed by atoms with van der Waals surface area (Å²) in [5, 5.41) is 11.0. The van der Waals surface area contributed by atoms with Gasteiger partial charge >= 0.3 is 12.1 Å². The summed E-state index contributed by atoms with van der Waals surface area (Å²) >= 11 is 0. The lowest BCUT2D eigenvalue weighted by Gasteiger charge is -2.10. The number of hydrogen-bond donors (Lipinski definition) is 1. The minimum Gasteiger partial charge on any atom is -0.478 e. The van der Waals surface area contributed by atoms with Gasteiger partial charge in [-0.1, -0.05) is 0 Å². The highest BCUT2D eigenvalue weighted by Crippen LogP contribution is 2.34. The van der Waals surface area contributed by atoms with Gasteiger partial charge in [-0.3, -0.25) is 0 Å². The van der Waals surface area contributed by atoms with E-state index in [4.69, 9.17) is 5.11 Å². The predicted molar refractivity (Wildman–Crippen MR) is 48.6 cm³/mol. The molecule has 1 aromatic carbocycles. The lowest BCUT2D eigenvalue weighted by Crippen LogP contribution is -2.09. The highest BCUT2D eigenvalue weighted by molar-refractivity contribution is 5.91. The van der Waals surface area contributed by atoms with Gasteiger partial charge in [0.25, 0.3) is 0 Å². The van der Waals surface area contributed by atoms with Gasteiger partial charge in [0.1, 0.15) is 5.69 Å². The number of carboxylic acids is 1. The van der Waals surface area contributed by atoms with E-state index in [9.17, 15) is 22.9 Å². The van der Waals surface area contributed by atoms with Crippen LogP contribution in [-0.2, 0) is 6.18 Å². The molecule has 0 saturated heterocycles. The van der Waals surface area contributed by atoms with E-state index in [1.165, 1.54) is 6.92 Å². The highest BCUT2D eigenvalue weighted by Gasteiger charge is 2.32. The molecule has 1 N–H and O–H groups in total. The Morgan fingerprint density at radius 1 is 1.38 bits per heavy atom.